The lowest BCUT2D eigenvalue weighted by Crippen LogP contribution is -2.26. The summed E-state index contributed by atoms with van der Waals surface area (Å²) in [6, 6.07) is 28.1. The van der Waals surface area contributed by atoms with E-state index in [2.05, 4.69) is 27.0 Å². The molecule has 0 aliphatic rings. The number of pyridine rings is 1. The number of nitrogens with one attached hydrogen (secondary N) is 1. The Morgan fingerprint density at radius 3 is 2.54 bits per heavy atom. The number of fused-ring (bicyclic) bond motifs is 1. The normalized spacial score (nSPS) is 11.8. The van der Waals surface area contributed by atoms with Gasteiger partial charge in [-0.25, -0.2) is 9.37 Å². The van der Waals surface area contributed by atoms with Gasteiger partial charge in [-0.15, -0.1) is 0 Å². The van der Waals surface area contributed by atoms with Crippen LogP contribution in [0.4, 0.5) is 10.2 Å². The smallest absolute Gasteiger partial charge is 0.304 e. The lowest BCUT2D eigenvalue weighted by molar-refractivity contribution is -0.137. The number of aliphatic carboxylic acids is 1. The van der Waals surface area contributed by atoms with Gasteiger partial charge >= 0.3 is 5.97 Å². The first-order chi connectivity index (χ1) is 19.1. The number of carbonyl (C=O) groups is 1. The van der Waals surface area contributed by atoms with Crippen molar-refractivity contribution >= 4 is 22.7 Å². The van der Waals surface area contributed by atoms with Crippen LogP contribution in [0.25, 0.3) is 10.9 Å². The van der Waals surface area contributed by atoms with E-state index in [9.17, 15) is 14.3 Å². The molecule has 2 heterocycles. The van der Waals surface area contributed by atoms with Gasteiger partial charge in [0.05, 0.1) is 13.0 Å². The second-order valence-corrected chi connectivity index (χ2v) is 9.45. The molecule has 7 heteroatoms. The molecular weight excluding hydrogens is 493 g/mol. The van der Waals surface area contributed by atoms with Crippen LogP contribution in [0.5, 0.6) is 5.75 Å². The summed E-state index contributed by atoms with van der Waals surface area (Å²) in [6.07, 6.45) is 4.36. The van der Waals surface area contributed by atoms with Crippen LogP contribution in [-0.2, 0) is 11.3 Å². The minimum Gasteiger partial charge on any atom is -0.493 e. The second kappa shape index (κ2) is 12.3. The summed E-state index contributed by atoms with van der Waals surface area (Å²) in [6.45, 7) is 2.09. The zero-order valence-corrected chi connectivity index (χ0v) is 21.5. The number of aromatic nitrogens is 2. The molecule has 6 nitrogen and oxygen atoms in total. The number of anilines is 1. The third-order valence-electron chi connectivity index (χ3n) is 6.74. The van der Waals surface area contributed by atoms with Crippen LogP contribution >= 0.6 is 0 Å². The van der Waals surface area contributed by atoms with E-state index in [1.807, 2.05) is 60.8 Å². The average Bonchev–Trinajstić information content (AvgIpc) is 3.38. The zero-order valence-electron chi connectivity index (χ0n) is 21.5. The number of nitrogens with zero attached hydrogens (tertiary/aromatic N) is 2. The number of halogens is 1. The molecule has 1 atom stereocenters. The van der Waals surface area contributed by atoms with E-state index in [0.717, 1.165) is 53.1 Å². The predicted octanol–water partition coefficient (Wildman–Crippen LogP) is 6.78. The van der Waals surface area contributed by atoms with Gasteiger partial charge in [0, 0.05) is 48.4 Å². The number of aromatic amines is 1. The third kappa shape index (κ3) is 6.62. The number of carboxylic acid groups (broad SMARTS) is 1. The van der Waals surface area contributed by atoms with Crippen molar-refractivity contribution in [2.75, 3.05) is 18.1 Å². The Morgan fingerprint density at radius 1 is 1.00 bits per heavy atom. The van der Waals surface area contributed by atoms with Crippen LogP contribution < -0.4 is 9.64 Å². The van der Waals surface area contributed by atoms with Gasteiger partial charge in [0.15, 0.2) is 0 Å². The topological polar surface area (TPSA) is 78.4 Å². The van der Waals surface area contributed by atoms with Crippen molar-refractivity contribution in [3.63, 3.8) is 0 Å². The van der Waals surface area contributed by atoms with Crippen LogP contribution in [0.1, 0.15) is 35.4 Å². The van der Waals surface area contributed by atoms with Crippen molar-refractivity contribution in [2.24, 2.45) is 0 Å². The standard InChI is InChI=1S/C32H30FN3O3/c33-25-12-10-24(11-13-25)28(20-32(37)38)29-21-35-30-19-26(14-15-27(29)30)39-18-6-17-36(31-9-4-5-16-34-31)22-23-7-2-1-3-8-23/h1-5,7-16,19,21,28,35H,6,17-18,20,22H2,(H,37,38). The molecule has 198 valence electrons. The Labute approximate surface area is 226 Å². The average molecular weight is 524 g/mol. The molecular formula is C32H30FN3O3. The summed E-state index contributed by atoms with van der Waals surface area (Å²) in [5.41, 5.74) is 3.70. The van der Waals surface area contributed by atoms with E-state index in [4.69, 9.17) is 4.74 Å². The molecule has 0 radical (unpaired) electrons. The summed E-state index contributed by atoms with van der Waals surface area (Å²) in [7, 11) is 0. The molecule has 3 aromatic carbocycles. The fourth-order valence-electron chi connectivity index (χ4n) is 4.85. The fraction of sp³-hybridized carbons (Fsp3) is 0.188. The second-order valence-electron chi connectivity index (χ2n) is 9.45. The lowest BCUT2D eigenvalue weighted by atomic mass is 9.88. The fourth-order valence-corrected chi connectivity index (χ4v) is 4.85. The van der Waals surface area contributed by atoms with Crippen molar-refractivity contribution < 1.29 is 19.0 Å². The Bertz CT molecular complexity index is 1500. The molecule has 39 heavy (non-hydrogen) atoms. The SMILES string of the molecule is O=C(O)CC(c1ccc(F)cc1)c1c[nH]c2cc(OCCCN(Cc3ccccc3)c3ccccn3)ccc12. The molecule has 0 spiro atoms. The number of hydrogen-bond acceptors (Lipinski definition) is 4. The highest BCUT2D eigenvalue weighted by Crippen LogP contribution is 2.35. The van der Waals surface area contributed by atoms with Gasteiger partial charge in [-0.1, -0.05) is 48.5 Å². The number of benzene rings is 3. The monoisotopic (exact) mass is 523 g/mol. The van der Waals surface area contributed by atoms with Gasteiger partial charge in [0.25, 0.3) is 0 Å². The van der Waals surface area contributed by atoms with Gasteiger partial charge in [-0.3, -0.25) is 4.79 Å². The van der Waals surface area contributed by atoms with Crippen LogP contribution in [0.2, 0.25) is 0 Å². The Hall–Kier alpha value is -4.65. The number of rotatable bonds is 12. The van der Waals surface area contributed by atoms with E-state index in [1.165, 1.54) is 17.7 Å². The summed E-state index contributed by atoms with van der Waals surface area (Å²) in [4.78, 5) is 21.6. The molecule has 0 amide bonds. The van der Waals surface area contributed by atoms with Gasteiger partial charge in [0.1, 0.15) is 17.4 Å². The van der Waals surface area contributed by atoms with E-state index in [-0.39, 0.29) is 12.2 Å². The van der Waals surface area contributed by atoms with Gasteiger partial charge < -0.3 is 19.7 Å². The summed E-state index contributed by atoms with van der Waals surface area (Å²) in [5.74, 6) is 0.00637. The molecule has 5 aromatic rings. The minimum atomic E-state index is -0.911. The molecule has 0 aliphatic heterocycles. The zero-order chi connectivity index (χ0) is 27.0. The van der Waals surface area contributed by atoms with Crippen molar-refractivity contribution in [3.05, 3.63) is 126 Å². The third-order valence-corrected chi connectivity index (χ3v) is 6.74. The number of hydrogen-bond donors (Lipinski definition) is 2. The highest BCUT2D eigenvalue weighted by molar-refractivity contribution is 5.86. The minimum absolute atomic E-state index is 0.0907. The Balaban J connectivity index is 1.25. The summed E-state index contributed by atoms with van der Waals surface area (Å²) >= 11 is 0. The Kier molecular flexibility index (Phi) is 8.17. The van der Waals surface area contributed by atoms with Crippen LogP contribution in [0, 0.1) is 5.82 Å². The molecule has 1 unspecified atom stereocenters. The Morgan fingerprint density at radius 2 is 1.79 bits per heavy atom. The number of carboxylic acids is 1. The first kappa shape index (κ1) is 26.0. The van der Waals surface area contributed by atoms with Crippen LogP contribution in [0.15, 0.2) is 103 Å². The van der Waals surface area contributed by atoms with Crippen molar-refractivity contribution in [1.82, 2.24) is 9.97 Å². The van der Waals surface area contributed by atoms with Gasteiger partial charge in [-0.2, -0.15) is 0 Å². The highest BCUT2D eigenvalue weighted by atomic mass is 19.1. The molecule has 5 rings (SSSR count). The summed E-state index contributed by atoms with van der Waals surface area (Å²) < 4.78 is 19.5. The first-order valence-electron chi connectivity index (χ1n) is 13.0. The van der Waals surface area contributed by atoms with Crippen molar-refractivity contribution in [2.45, 2.75) is 25.3 Å². The lowest BCUT2D eigenvalue weighted by Gasteiger charge is -2.24. The predicted molar refractivity (Wildman–Crippen MR) is 151 cm³/mol. The largest absolute Gasteiger partial charge is 0.493 e. The number of ether oxygens (including phenoxy) is 1. The van der Waals surface area contributed by atoms with E-state index >= 15 is 0 Å². The maximum Gasteiger partial charge on any atom is 0.304 e. The quantitative estimate of drug-likeness (QED) is 0.176. The molecule has 0 fully saturated rings. The van der Waals surface area contributed by atoms with Gasteiger partial charge in [0.2, 0.25) is 0 Å². The number of H-pyrrole nitrogens is 1. The van der Waals surface area contributed by atoms with Gasteiger partial charge in [-0.05, 0) is 59.5 Å². The molecule has 0 aliphatic carbocycles. The van der Waals surface area contributed by atoms with E-state index in [1.54, 1.807) is 18.3 Å². The molecule has 0 saturated heterocycles. The molecule has 2 aromatic heterocycles. The van der Waals surface area contributed by atoms with Crippen molar-refractivity contribution in [1.29, 1.82) is 0 Å². The van der Waals surface area contributed by atoms with E-state index < -0.39 is 11.9 Å². The summed E-state index contributed by atoms with van der Waals surface area (Å²) in [5, 5.41) is 10.4. The highest BCUT2D eigenvalue weighted by Gasteiger charge is 2.21. The van der Waals surface area contributed by atoms with Crippen LogP contribution in [0.3, 0.4) is 0 Å². The molecule has 2 N–H and O–H groups in total. The van der Waals surface area contributed by atoms with E-state index in [0.29, 0.717) is 6.61 Å². The maximum atomic E-state index is 13.5. The first-order valence-corrected chi connectivity index (χ1v) is 13.0. The molecule has 0 saturated carbocycles. The maximum absolute atomic E-state index is 13.5. The van der Waals surface area contributed by atoms with Crippen LogP contribution in [-0.4, -0.2) is 34.2 Å². The van der Waals surface area contributed by atoms with Crippen molar-refractivity contribution in [3.8, 4) is 5.75 Å². The molecule has 0 bridgehead atoms.